The number of pyridine rings is 1. The van der Waals surface area contributed by atoms with Crippen LogP contribution >= 0.6 is 69.6 Å². The van der Waals surface area contributed by atoms with Crippen molar-refractivity contribution in [2.45, 2.75) is 10.3 Å². The number of carbonyl (C=O) groups is 2. The third-order valence-corrected chi connectivity index (χ3v) is 7.43. The number of nitrogens with one attached hydrogen (secondary N) is 2. The Morgan fingerprint density at radius 2 is 1.66 bits per heavy atom. The lowest BCUT2D eigenvalue weighted by molar-refractivity contribution is -0.117. The molecule has 0 aliphatic heterocycles. The maximum absolute atomic E-state index is 13.0. The molecule has 0 saturated heterocycles. The fraction of sp³-hybridized carbons (Fsp3) is 0.174. The van der Waals surface area contributed by atoms with Gasteiger partial charge in [0.1, 0.15) is 9.36 Å². The molecule has 6 nitrogen and oxygen atoms in total. The third kappa shape index (κ3) is 5.43. The number of ether oxygens (including phenoxy) is 1. The first-order chi connectivity index (χ1) is 16.5. The Bertz CT molecular complexity index is 1310. The number of rotatable bonds is 6. The molecule has 182 valence electrons. The number of benzene rings is 2. The van der Waals surface area contributed by atoms with E-state index in [4.69, 9.17) is 74.3 Å². The Morgan fingerprint density at radius 1 is 0.971 bits per heavy atom. The zero-order valence-electron chi connectivity index (χ0n) is 17.7. The fourth-order valence-electron chi connectivity index (χ4n) is 3.67. The van der Waals surface area contributed by atoms with Gasteiger partial charge in [-0.3, -0.25) is 9.59 Å². The molecule has 2 aromatic carbocycles. The minimum atomic E-state index is -1.35. The Kier molecular flexibility index (Phi) is 7.62. The zero-order valence-corrected chi connectivity index (χ0v) is 22.2. The molecule has 12 heteroatoms. The van der Waals surface area contributed by atoms with Gasteiger partial charge in [0, 0.05) is 27.8 Å². The Morgan fingerprint density at radius 3 is 2.31 bits per heavy atom. The van der Waals surface area contributed by atoms with E-state index in [0.29, 0.717) is 21.3 Å². The van der Waals surface area contributed by atoms with E-state index >= 15 is 0 Å². The van der Waals surface area contributed by atoms with Gasteiger partial charge < -0.3 is 15.4 Å². The second kappa shape index (κ2) is 10.2. The summed E-state index contributed by atoms with van der Waals surface area (Å²) in [7, 11) is 1.41. The first-order valence-electron chi connectivity index (χ1n) is 9.97. The van der Waals surface area contributed by atoms with Crippen LogP contribution in [0.5, 0.6) is 5.88 Å². The number of hydrogen-bond acceptors (Lipinski definition) is 4. The highest BCUT2D eigenvalue weighted by atomic mass is 35.5. The smallest absolute Gasteiger partial charge is 0.257 e. The summed E-state index contributed by atoms with van der Waals surface area (Å²) < 4.78 is 3.71. The number of halogens is 6. The molecule has 2 amide bonds. The van der Waals surface area contributed by atoms with Crippen LogP contribution in [0.4, 0.5) is 11.4 Å². The topological polar surface area (TPSA) is 80.3 Å². The van der Waals surface area contributed by atoms with E-state index in [0.717, 1.165) is 0 Å². The second-order valence-electron chi connectivity index (χ2n) is 7.65. The monoisotopic (exact) mass is 591 g/mol. The van der Waals surface area contributed by atoms with Crippen LogP contribution in [0.25, 0.3) is 0 Å². The van der Waals surface area contributed by atoms with Crippen LogP contribution in [0.2, 0.25) is 20.1 Å². The highest BCUT2D eigenvalue weighted by Gasteiger charge is 2.67. The number of amides is 2. The normalized spacial score (nSPS) is 18.0. The molecule has 4 rings (SSSR count). The van der Waals surface area contributed by atoms with Gasteiger partial charge in [-0.25, -0.2) is 4.98 Å². The van der Waals surface area contributed by atoms with Crippen LogP contribution in [-0.2, 0) is 4.79 Å². The fourth-order valence-corrected chi connectivity index (χ4v) is 5.48. The van der Waals surface area contributed by atoms with Gasteiger partial charge in [-0.05, 0) is 48.0 Å². The molecule has 0 radical (unpaired) electrons. The van der Waals surface area contributed by atoms with Crippen molar-refractivity contribution in [2.24, 2.45) is 5.92 Å². The van der Waals surface area contributed by atoms with Crippen LogP contribution < -0.4 is 15.4 Å². The molecule has 35 heavy (non-hydrogen) atoms. The lowest BCUT2D eigenvalue weighted by Crippen LogP contribution is -2.18. The lowest BCUT2D eigenvalue weighted by Gasteiger charge is -2.12. The minimum Gasteiger partial charge on any atom is -0.480 e. The van der Waals surface area contributed by atoms with E-state index in [2.05, 4.69) is 15.6 Å². The summed E-state index contributed by atoms with van der Waals surface area (Å²) in [6, 6.07) is 10.9. The number of carbonyl (C=O) groups excluding carboxylic acids is 2. The lowest BCUT2D eigenvalue weighted by atomic mass is 10.1. The van der Waals surface area contributed by atoms with Crippen molar-refractivity contribution in [3.8, 4) is 5.88 Å². The van der Waals surface area contributed by atoms with Gasteiger partial charge in [0.05, 0.1) is 29.3 Å². The summed E-state index contributed by atoms with van der Waals surface area (Å²) in [6.07, 6.45) is 1.43. The van der Waals surface area contributed by atoms with Gasteiger partial charge >= 0.3 is 0 Å². The first kappa shape index (κ1) is 26.1. The summed E-state index contributed by atoms with van der Waals surface area (Å²) in [5.74, 6) is -2.12. The Hall–Kier alpha value is -1.93. The van der Waals surface area contributed by atoms with Crippen LogP contribution in [-0.4, -0.2) is 28.2 Å². The maximum atomic E-state index is 13.0. The average Bonchev–Trinajstić information content (AvgIpc) is 3.38. The van der Waals surface area contributed by atoms with Crippen LogP contribution in [0, 0.1) is 5.92 Å². The van der Waals surface area contributed by atoms with Crippen LogP contribution in [0.3, 0.4) is 0 Å². The van der Waals surface area contributed by atoms with Crippen molar-refractivity contribution in [3.63, 3.8) is 0 Å². The first-order valence-corrected chi connectivity index (χ1v) is 12.2. The summed E-state index contributed by atoms with van der Waals surface area (Å²) in [5, 5.41) is 6.50. The van der Waals surface area contributed by atoms with Crippen molar-refractivity contribution in [1.29, 1.82) is 0 Å². The largest absolute Gasteiger partial charge is 0.480 e. The van der Waals surface area contributed by atoms with E-state index in [9.17, 15) is 9.59 Å². The molecule has 2 N–H and O–H groups in total. The van der Waals surface area contributed by atoms with Gasteiger partial charge in [0.25, 0.3) is 5.91 Å². The standard InChI is InChI=1S/C23H15Cl6N3O3/c1-35-22-19(27)16(4-5-30-22)32-20(33)14-9-13(2-3-15(14)26)31-21(34)18-17(23(18,28)29)10-6-11(24)8-12(25)7-10/h2-9,17-18H,1H3,(H,31,34)(H,30,32,33)/t17-,18+/m0/s1. The second-order valence-corrected chi connectivity index (χ2v) is 10.8. The molecule has 1 aliphatic rings. The number of methoxy groups -OCH3 is 1. The van der Waals surface area contributed by atoms with Crippen LogP contribution in [0.15, 0.2) is 48.7 Å². The van der Waals surface area contributed by atoms with E-state index < -0.39 is 28.0 Å². The van der Waals surface area contributed by atoms with Crippen molar-refractivity contribution < 1.29 is 14.3 Å². The molecular formula is C23H15Cl6N3O3. The van der Waals surface area contributed by atoms with Crippen molar-refractivity contribution in [2.75, 3.05) is 17.7 Å². The molecule has 0 unspecified atom stereocenters. The Labute approximate surface area is 230 Å². The number of anilines is 2. The summed E-state index contributed by atoms with van der Waals surface area (Å²) >= 11 is 37.4. The minimum absolute atomic E-state index is 0.105. The highest BCUT2D eigenvalue weighted by molar-refractivity contribution is 6.53. The predicted octanol–water partition coefficient (Wildman–Crippen LogP) is 7.48. The number of alkyl halides is 2. The van der Waals surface area contributed by atoms with E-state index in [-0.39, 0.29) is 27.2 Å². The van der Waals surface area contributed by atoms with Crippen molar-refractivity contribution in [1.82, 2.24) is 4.98 Å². The molecule has 0 spiro atoms. The molecule has 1 fully saturated rings. The highest BCUT2D eigenvalue weighted by Crippen LogP contribution is 2.65. The van der Waals surface area contributed by atoms with E-state index in [1.54, 1.807) is 24.3 Å². The summed E-state index contributed by atoms with van der Waals surface area (Å²) in [6.45, 7) is 0. The van der Waals surface area contributed by atoms with Gasteiger partial charge in [-0.2, -0.15) is 0 Å². The number of nitrogens with zero attached hydrogens (tertiary/aromatic N) is 1. The van der Waals surface area contributed by atoms with Gasteiger partial charge in [0.2, 0.25) is 11.8 Å². The average molecular weight is 594 g/mol. The van der Waals surface area contributed by atoms with Gasteiger partial charge in [-0.15, -0.1) is 23.2 Å². The van der Waals surface area contributed by atoms with Crippen LogP contribution in [0.1, 0.15) is 21.8 Å². The van der Waals surface area contributed by atoms with Gasteiger partial charge in [-0.1, -0.05) is 46.4 Å². The summed E-state index contributed by atoms with van der Waals surface area (Å²) in [5.41, 5.74) is 1.35. The Balaban J connectivity index is 1.52. The van der Waals surface area contributed by atoms with E-state index in [1.807, 2.05) is 0 Å². The molecule has 1 saturated carbocycles. The van der Waals surface area contributed by atoms with Crippen molar-refractivity contribution >= 4 is 92.8 Å². The van der Waals surface area contributed by atoms with Crippen molar-refractivity contribution in [3.05, 3.63) is 79.9 Å². The zero-order chi connectivity index (χ0) is 25.5. The van der Waals surface area contributed by atoms with Gasteiger partial charge in [0.15, 0.2) is 0 Å². The maximum Gasteiger partial charge on any atom is 0.257 e. The predicted molar refractivity (Wildman–Crippen MR) is 141 cm³/mol. The molecular weight excluding hydrogens is 579 g/mol. The molecule has 1 aromatic heterocycles. The molecule has 3 aromatic rings. The molecule has 1 aliphatic carbocycles. The summed E-state index contributed by atoms with van der Waals surface area (Å²) in [4.78, 5) is 29.8. The number of hydrogen-bond donors (Lipinski definition) is 2. The van der Waals surface area contributed by atoms with E-state index in [1.165, 1.54) is 31.5 Å². The SMILES string of the molecule is COc1nccc(NC(=O)c2cc(NC(=O)[C@H]3[C@H](c4cc(Cl)cc(Cl)c4)C3(Cl)Cl)ccc2Cl)c1Cl. The molecule has 2 atom stereocenters. The molecule has 1 heterocycles. The molecule has 0 bridgehead atoms. The third-order valence-electron chi connectivity index (χ3n) is 5.36. The number of aromatic nitrogens is 1. The quantitative estimate of drug-likeness (QED) is 0.290.